The maximum Gasteiger partial charge on any atom is 0.251 e. The fourth-order valence-corrected chi connectivity index (χ4v) is 3.93. The van der Waals surface area contributed by atoms with Crippen LogP contribution in [0.2, 0.25) is 0 Å². The summed E-state index contributed by atoms with van der Waals surface area (Å²) in [4.78, 5) is 12.8. The Morgan fingerprint density at radius 3 is 2.55 bits per heavy atom. The minimum atomic E-state index is -3.38. The summed E-state index contributed by atoms with van der Waals surface area (Å²) in [6, 6.07) is 8.22. The van der Waals surface area contributed by atoms with Crippen LogP contribution in [-0.2, 0) is 15.6 Å². The number of rotatable bonds is 11. The lowest BCUT2D eigenvalue weighted by Crippen LogP contribution is -2.29. The van der Waals surface area contributed by atoms with Gasteiger partial charge in [-0.25, -0.2) is 13.1 Å². The lowest BCUT2D eigenvalue weighted by Gasteiger charge is -2.17. The molecule has 0 bridgehead atoms. The van der Waals surface area contributed by atoms with Gasteiger partial charge in [-0.15, -0.1) is 5.10 Å². The number of benzene rings is 1. The van der Waals surface area contributed by atoms with E-state index in [1.54, 1.807) is 35.1 Å². The minimum Gasteiger partial charge on any atom is -0.344 e. The number of unbranched alkanes of at least 4 members (excludes halogenated alkanes) is 3. The van der Waals surface area contributed by atoms with Crippen molar-refractivity contribution in [3.8, 4) is 6.07 Å². The number of carbonyl (C=O) groups is 1. The number of nitrogens with zero attached hydrogens (tertiary/aromatic N) is 4. The second kappa shape index (κ2) is 9.47. The molecule has 1 aliphatic carbocycles. The third-order valence-electron chi connectivity index (χ3n) is 5.34. The highest BCUT2D eigenvalue weighted by molar-refractivity contribution is 7.92. The van der Waals surface area contributed by atoms with E-state index in [1.807, 2.05) is 0 Å². The van der Waals surface area contributed by atoms with Crippen molar-refractivity contribution in [2.75, 3.05) is 11.0 Å². The van der Waals surface area contributed by atoms with Crippen LogP contribution >= 0.6 is 0 Å². The van der Waals surface area contributed by atoms with Crippen LogP contribution < -0.4 is 10.0 Å². The van der Waals surface area contributed by atoms with Gasteiger partial charge in [-0.1, -0.05) is 37.8 Å². The monoisotopic (exact) mass is 444 g/mol. The Morgan fingerprint density at radius 1 is 1.26 bits per heavy atom. The van der Waals surface area contributed by atoms with Crippen molar-refractivity contribution in [1.29, 1.82) is 5.26 Å². The Kier molecular flexibility index (Phi) is 6.95. The summed E-state index contributed by atoms with van der Waals surface area (Å²) in [5, 5.41) is 20.8. The highest BCUT2D eigenvalue weighted by Gasteiger charge is 2.46. The average molecular weight is 445 g/mol. The molecule has 2 aromatic rings. The van der Waals surface area contributed by atoms with Gasteiger partial charge in [-0.05, 0) is 43.5 Å². The van der Waals surface area contributed by atoms with Crippen LogP contribution in [0, 0.1) is 11.3 Å². The zero-order valence-corrected chi connectivity index (χ0v) is 18.7. The quantitative estimate of drug-likeness (QED) is 0.512. The van der Waals surface area contributed by atoms with Crippen LogP contribution in [0.4, 0.5) is 5.69 Å². The fourth-order valence-electron chi connectivity index (χ4n) is 3.37. The van der Waals surface area contributed by atoms with E-state index < -0.39 is 15.6 Å². The molecule has 1 fully saturated rings. The molecule has 9 nitrogen and oxygen atoms in total. The number of carbonyl (C=O) groups excluding carboxylic acids is 1. The molecule has 1 amide bonds. The van der Waals surface area contributed by atoms with Crippen molar-refractivity contribution >= 4 is 21.6 Å². The maximum absolute atomic E-state index is 12.8. The first-order valence-corrected chi connectivity index (χ1v) is 12.4. The normalized spacial score (nSPS) is 15.6. The highest BCUT2D eigenvalue weighted by Crippen LogP contribution is 2.42. The van der Waals surface area contributed by atoms with Crippen LogP contribution in [0.1, 0.15) is 74.0 Å². The van der Waals surface area contributed by atoms with Crippen molar-refractivity contribution < 1.29 is 13.2 Å². The smallest absolute Gasteiger partial charge is 0.251 e. The fraction of sp³-hybridized carbons (Fsp3) is 0.524. The lowest BCUT2D eigenvalue weighted by atomic mass is 10.0. The number of hydrogen-bond donors (Lipinski definition) is 2. The van der Waals surface area contributed by atoms with Gasteiger partial charge >= 0.3 is 0 Å². The summed E-state index contributed by atoms with van der Waals surface area (Å²) in [5.74, 6) is -0.276. The summed E-state index contributed by atoms with van der Waals surface area (Å²) in [7, 11) is -3.38. The van der Waals surface area contributed by atoms with Gasteiger partial charge in [-0.3, -0.25) is 9.52 Å². The molecule has 1 aromatic carbocycles. The van der Waals surface area contributed by atoms with Crippen molar-refractivity contribution in [1.82, 2.24) is 20.3 Å². The Labute approximate surface area is 182 Å². The van der Waals surface area contributed by atoms with E-state index in [1.165, 1.54) is 0 Å². The molecule has 0 spiro atoms. The molecule has 0 radical (unpaired) electrons. The van der Waals surface area contributed by atoms with E-state index in [-0.39, 0.29) is 11.9 Å². The summed E-state index contributed by atoms with van der Waals surface area (Å²) < 4.78 is 26.7. The van der Waals surface area contributed by atoms with Crippen molar-refractivity contribution in [3.63, 3.8) is 0 Å². The van der Waals surface area contributed by atoms with Crippen LogP contribution in [0.3, 0.4) is 0 Å². The predicted molar refractivity (Wildman–Crippen MR) is 117 cm³/mol. The van der Waals surface area contributed by atoms with Gasteiger partial charge in [-0.2, -0.15) is 5.26 Å². The number of nitrogens with one attached hydrogen (secondary N) is 2. The lowest BCUT2D eigenvalue weighted by molar-refractivity contribution is 0.0933. The van der Waals surface area contributed by atoms with Gasteiger partial charge < -0.3 is 5.32 Å². The summed E-state index contributed by atoms with van der Waals surface area (Å²) >= 11 is 0. The Bertz CT molecular complexity index is 1050. The molecule has 1 aromatic heterocycles. The standard InChI is InChI=1S/C21H28N6O3S/c1-3-4-5-6-7-18(19-14-27(26-24-19)21(15-22)12-13-21)23-20(28)16-8-10-17(11-9-16)25-31(2,29)30/h8-11,14,18,25H,3-7,12-13H2,1-2H3,(H,23,28). The second-order valence-corrected chi connectivity index (χ2v) is 9.81. The second-order valence-electron chi connectivity index (χ2n) is 8.06. The molecule has 1 saturated carbocycles. The molecule has 10 heteroatoms. The maximum atomic E-state index is 12.8. The van der Waals surface area contributed by atoms with Crippen LogP contribution in [-0.4, -0.2) is 35.6 Å². The van der Waals surface area contributed by atoms with Crippen LogP contribution in [0.5, 0.6) is 0 Å². The molecule has 31 heavy (non-hydrogen) atoms. The number of sulfonamides is 1. The largest absolute Gasteiger partial charge is 0.344 e. The number of aromatic nitrogens is 3. The Hall–Kier alpha value is -2.93. The highest BCUT2D eigenvalue weighted by atomic mass is 32.2. The topological polar surface area (TPSA) is 130 Å². The molecule has 1 heterocycles. The molecule has 1 unspecified atom stereocenters. The Balaban J connectivity index is 1.72. The van der Waals surface area contributed by atoms with Gasteiger partial charge in [0.15, 0.2) is 5.54 Å². The van der Waals surface area contributed by atoms with E-state index in [4.69, 9.17) is 0 Å². The van der Waals surface area contributed by atoms with E-state index in [2.05, 4.69) is 33.3 Å². The van der Waals surface area contributed by atoms with Crippen LogP contribution in [0.15, 0.2) is 30.5 Å². The number of hydrogen-bond acceptors (Lipinski definition) is 6. The minimum absolute atomic E-state index is 0.276. The first-order chi connectivity index (χ1) is 14.8. The summed E-state index contributed by atoms with van der Waals surface area (Å²) in [6.07, 6.45) is 9.31. The van der Waals surface area contributed by atoms with Crippen molar-refractivity contribution in [3.05, 3.63) is 41.7 Å². The predicted octanol–water partition coefficient (Wildman–Crippen LogP) is 3.10. The molecule has 0 saturated heterocycles. The first-order valence-electron chi connectivity index (χ1n) is 10.5. The number of nitriles is 1. The first kappa shape index (κ1) is 22.7. The molecule has 1 aliphatic rings. The third kappa shape index (κ3) is 6.04. The molecule has 3 rings (SSSR count). The van der Waals surface area contributed by atoms with Crippen molar-refractivity contribution in [2.24, 2.45) is 0 Å². The molecular formula is C21H28N6O3S. The molecule has 0 aliphatic heterocycles. The van der Waals surface area contributed by atoms with Gasteiger partial charge in [0.05, 0.1) is 24.6 Å². The van der Waals surface area contributed by atoms with Crippen LogP contribution in [0.25, 0.3) is 0 Å². The molecular weight excluding hydrogens is 416 g/mol. The van der Waals surface area contributed by atoms with E-state index in [0.717, 1.165) is 51.2 Å². The zero-order chi connectivity index (χ0) is 22.5. The van der Waals surface area contributed by atoms with E-state index in [0.29, 0.717) is 16.9 Å². The van der Waals surface area contributed by atoms with E-state index in [9.17, 15) is 18.5 Å². The van der Waals surface area contributed by atoms with Crippen molar-refractivity contribution in [2.45, 2.75) is 63.5 Å². The van der Waals surface area contributed by atoms with Gasteiger partial charge in [0.2, 0.25) is 10.0 Å². The van der Waals surface area contributed by atoms with E-state index >= 15 is 0 Å². The van der Waals surface area contributed by atoms with Gasteiger partial charge in [0.1, 0.15) is 5.69 Å². The van der Waals surface area contributed by atoms with Gasteiger partial charge in [0, 0.05) is 11.3 Å². The Morgan fingerprint density at radius 2 is 1.97 bits per heavy atom. The SMILES string of the molecule is CCCCCCC(NC(=O)c1ccc(NS(C)(=O)=O)cc1)c1cn(C2(C#N)CC2)nn1. The zero-order valence-electron chi connectivity index (χ0n) is 17.8. The third-order valence-corrected chi connectivity index (χ3v) is 5.95. The summed E-state index contributed by atoms with van der Waals surface area (Å²) in [6.45, 7) is 2.14. The summed E-state index contributed by atoms with van der Waals surface area (Å²) in [5.41, 5.74) is 0.858. The number of anilines is 1. The average Bonchev–Trinajstić information content (AvgIpc) is 3.37. The number of amides is 1. The molecule has 166 valence electrons. The molecule has 2 N–H and O–H groups in total. The van der Waals surface area contributed by atoms with Gasteiger partial charge in [0.25, 0.3) is 5.91 Å². The molecule has 1 atom stereocenters.